The largest absolute Gasteiger partial charge is 0.355 e. The molecule has 0 aromatic heterocycles. The fraction of sp³-hybridized carbons (Fsp3) is 0.889. The molecule has 7 nitrogen and oxygen atoms in total. The van der Waals surface area contributed by atoms with Crippen LogP contribution < -0.4 is 10.6 Å². The Kier molecular flexibility index (Phi) is 9.30. The summed E-state index contributed by atoms with van der Waals surface area (Å²) < 4.78 is 22.8. The number of carbonyl (C=O) groups excluding carboxylic acids is 1. The summed E-state index contributed by atoms with van der Waals surface area (Å²) in [6.45, 7) is 5.14. The summed E-state index contributed by atoms with van der Waals surface area (Å²) in [7, 11) is -1.49. The van der Waals surface area contributed by atoms with Crippen molar-refractivity contribution in [1.82, 2.24) is 15.5 Å². The second-order valence-electron chi connectivity index (χ2n) is 8.21. The topological polar surface area (TPSA) is 90.9 Å². The molecule has 1 heterocycles. The number of amides is 1. The van der Waals surface area contributed by atoms with Crippen molar-refractivity contribution in [1.29, 1.82) is 0 Å². The van der Waals surface area contributed by atoms with Gasteiger partial charge < -0.3 is 15.5 Å². The summed E-state index contributed by atoms with van der Waals surface area (Å²) >= 11 is 0. The lowest BCUT2D eigenvalue weighted by atomic mass is 9.88. The molecule has 2 N–H and O–H groups in total. The number of nitrogens with one attached hydrogen (secondary N) is 2. The smallest absolute Gasteiger partial charge is 0.225 e. The van der Waals surface area contributed by atoms with Crippen LogP contribution in [-0.4, -0.2) is 68.9 Å². The zero-order valence-corrected chi connectivity index (χ0v) is 20.1. The van der Waals surface area contributed by atoms with Crippen LogP contribution in [-0.2, 0) is 14.6 Å². The van der Waals surface area contributed by atoms with E-state index in [1.807, 2.05) is 4.90 Å². The first-order valence-electron chi connectivity index (χ1n) is 9.59. The molecule has 1 unspecified atom stereocenters. The SMILES string of the molecule is CN=C(NCC(C)(C)S(C)(=O)=O)NC1CCN(C(=O)C2CCCCC2)C1.I. The maximum atomic E-state index is 12.7. The van der Waals surface area contributed by atoms with Gasteiger partial charge in [0.05, 0.1) is 4.75 Å². The first-order valence-corrected chi connectivity index (χ1v) is 11.5. The number of likely N-dealkylation sites (tertiary alicyclic amines) is 1. The van der Waals surface area contributed by atoms with Crippen molar-refractivity contribution in [2.45, 2.75) is 63.2 Å². The monoisotopic (exact) mass is 514 g/mol. The highest BCUT2D eigenvalue weighted by Crippen LogP contribution is 2.26. The Labute approximate surface area is 181 Å². The average Bonchev–Trinajstić information content (AvgIpc) is 3.06. The predicted octanol–water partition coefficient (Wildman–Crippen LogP) is 1.77. The number of halogens is 1. The lowest BCUT2D eigenvalue weighted by molar-refractivity contribution is -0.135. The van der Waals surface area contributed by atoms with E-state index in [-0.39, 0.29) is 42.5 Å². The maximum Gasteiger partial charge on any atom is 0.225 e. The molecule has 1 aliphatic carbocycles. The van der Waals surface area contributed by atoms with Crippen LogP contribution in [0.4, 0.5) is 0 Å². The maximum absolute atomic E-state index is 12.7. The minimum atomic E-state index is -3.16. The first-order chi connectivity index (χ1) is 12.1. The zero-order chi connectivity index (χ0) is 19.4. The van der Waals surface area contributed by atoms with Crippen molar-refractivity contribution in [2.75, 3.05) is 32.9 Å². The number of hydrogen-bond donors (Lipinski definition) is 2. The van der Waals surface area contributed by atoms with Crippen molar-refractivity contribution in [2.24, 2.45) is 10.9 Å². The standard InChI is InChI=1S/C18H34N4O3S.HI/c1-18(2,26(4,24)25)13-20-17(19-3)21-15-10-11-22(12-15)16(23)14-8-6-5-7-9-14;/h14-15H,5-13H2,1-4H3,(H2,19,20,21);1H. The number of aliphatic imine (C=N–C) groups is 1. The van der Waals surface area contributed by atoms with Gasteiger partial charge >= 0.3 is 0 Å². The third kappa shape index (κ3) is 6.76. The molecule has 0 bridgehead atoms. The quantitative estimate of drug-likeness (QED) is 0.332. The lowest BCUT2D eigenvalue weighted by Gasteiger charge is -2.27. The van der Waals surface area contributed by atoms with Gasteiger partial charge in [-0.25, -0.2) is 8.42 Å². The van der Waals surface area contributed by atoms with E-state index >= 15 is 0 Å². The molecule has 0 aromatic rings. The second-order valence-corrected chi connectivity index (χ2v) is 10.9. The van der Waals surface area contributed by atoms with E-state index in [0.29, 0.717) is 18.4 Å². The average molecular weight is 514 g/mol. The normalized spacial score (nSPS) is 22.3. The van der Waals surface area contributed by atoms with Crippen molar-refractivity contribution in [3.8, 4) is 0 Å². The number of carbonyl (C=O) groups is 1. The van der Waals surface area contributed by atoms with Gasteiger partial charge in [-0.3, -0.25) is 9.79 Å². The van der Waals surface area contributed by atoms with E-state index in [1.165, 1.54) is 25.5 Å². The minimum absolute atomic E-state index is 0. The number of rotatable bonds is 5. The Morgan fingerprint density at radius 1 is 1.19 bits per heavy atom. The highest BCUT2D eigenvalue weighted by atomic mass is 127. The molecule has 158 valence electrons. The molecule has 9 heteroatoms. The Hall–Kier alpha value is -0.580. The van der Waals surface area contributed by atoms with Gasteiger partial charge in [0.15, 0.2) is 15.8 Å². The van der Waals surface area contributed by atoms with Crippen LogP contribution in [0.25, 0.3) is 0 Å². The zero-order valence-electron chi connectivity index (χ0n) is 17.0. The van der Waals surface area contributed by atoms with Gasteiger partial charge in [-0.1, -0.05) is 19.3 Å². The van der Waals surface area contributed by atoms with Crippen LogP contribution in [0.15, 0.2) is 4.99 Å². The van der Waals surface area contributed by atoms with Crippen LogP contribution >= 0.6 is 24.0 Å². The molecule has 0 radical (unpaired) electrons. The van der Waals surface area contributed by atoms with Crippen LogP contribution in [0.5, 0.6) is 0 Å². The van der Waals surface area contributed by atoms with Crippen molar-refractivity contribution in [3.05, 3.63) is 0 Å². The van der Waals surface area contributed by atoms with Gasteiger partial charge in [-0.05, 0) is 33.1 Å². The van der Waals surface area contributed by atoms with Gasteiger partial charge in [0.1, 0.15) is 0 Å². The number of nitrogens with zero attached hydrogens (tertiary/aromatic N) is 2. The summed E-state index contributed by atoms with van der Waals surface area (Å²) in [6.07, 6.45) is 7.76. The molecule has 27 heavy (non-hydrogen) atoms. The number of hydrogen-bond acceptors (Lipinski definition) is 4. The van der Waals surface area contributed by atoms with Crippen molar-refractivity contribution >= 4 is 45.7 Å². The molecule has 1 aliphatic heterocycles. The minimum Gasteiger partial charge on any atom is -0.355 e. The summed E-state index contributed by atoms with van der Waals surface area (Å²) in [5, 5.41) is 6.43. The molecule has 2 aliphatic rings. The molecular weight excluding hydrogens is 479 g/mol. The summed E-state index contributed by atoms with van der Waals surface area (Å²) in [4.78, 5) is 18.8. The Bertz CT molecular complexity index is 631. The van der Waals surface area contributed by atoms with E-state index in [4.69, 9.17) is 0 Å². The summed E-state index contributed by atoms with van der Waals surface area (Å²) in [6, 6.07) is 0.148. The van der Waals surface area contributed by atoms with Crippen LogP contribution in [0.1, 0.15) is 52.4 Å². The molecule has 1 saturated carbocycles. The summed E-state index contributed by atoms with van der Waals surface area (Å²) in [5.74, 6) is 1.09. The summed E-state index contributed by atoms with van der Waals surface area (Å²) in [5.41, 5.74) is 0. The van der Waals surface area contributed by atoms with Gasteiger partial charge in [-0.2, -0.15) is 0 Å². The highest BCUT2D eigenvalue weighted by Gasteiger charge is 2.33. The van der Waals surface area contributed by atoms with Gasteiger partial charge in [0, 0.05) is 44.9 Å². The molecule has 1 saturated heterocycles. The van der Waals surface area contributed by atoms with Crippen LogP contribution in [0.3, 0.4) is 0 Å². The molecule has 2 rings (SSSR count). The van der Waals surface area contributed by atoms with Crippen molar-refractivity contribution < 1.29 is 13.2 Å². The van der Waals surface area contributed by atoms with E-state index in [9.17, 15) is 13.2 Å². The number of guanidine groups is 1. The van der Waals surface area contributed by atoms with E-state index < -0.39 is 14.6 Å². The van der Waals surface area contributed by atoms with Crippen LogP contribution in [0, 0.1) is 5.92 Å². The molecule has 1 amide bonds. The Morgan fingerprint density at radius 3 is 2.37 bits per heavy atom. The molecule has 0 aromatic carbocycles. The van der Waals surface area contributed by atoms with E-state index in [0.717, 1.165) is 25.8 Å². The third-order valence-electron chi connectivity index (χ3n) is 5.70. The Balaban J connectivity index is 0.00000364. The van der Waals surface area contributed by atoms with E-state index in [2.05, 4.69) is 15.6 Å². The molecule has 0 spiro atoms. The lowest BCUT2D eigenvalue weighted by Crippen LogP contribution is -2.50. The second kappa shape index (κ2) is 10.3. The first kappa shape index (κ1) is 24.5. The highest BCUT2D eigenvalue weighted by molar-refractivity contribution is 14.0. The van der Waals surface area contributed by atoms with Gasteiger partial charge in [0.25, 0.3) is 0 Å². The van der Waals surface area contributed by atoms with Crippen LogP contribution in [0.2, 0.25) is 0 Å². The fourth-order valence-corrected chi connectivity index (χ4v) is 3.84. The van der Waals surface area contributed by atoms with Crippen molar-refractivity contribution in [3.63, 3.8) is 0 Å². The Morgan fingerprint density at radius 2 is 1.81 bits per heavy atom. The predicted molar refractivity (Wildman–Crippen MR) is 120 cm³/mol. The van der Waals surface area contributed by atoms with E-state index in [1.54, 1.807) is 20.9 Å². The fourth-order valence-electron chi connectivity index (χ4n) is 3.50. The molecule has 2 fully saturated rings. The van der Waals surface area contributed by atoms with Gasteiger partial charge in [0.2, 0.25) is 5.91 Å². The van der Waals surface area contributed by atoms with Gasteiger partial charge in [-0.15, -0.1) is 24.0 Å². The molecule has 1 atom stereocenters. The number of sulfone groups is 1. The third-order valence-corrected chi connectivity index (χ3v) is 7.86. The molecular formula is C18H35IN4O3S.